The molecule has 21 nitrogen and oxygen atoms in total. The number of rotatable bonds is 22. The highest BCUT2D eigenvalue weighted by atomic mass is 16.5. The van der Waals surface area contributed by atoms with Gasteiger partial charge in [0, 0.05) is 13.0 Å². The van der Waals surface area contributed by atoms with E-state index in [0.29, 0.717) is 19.4 Å². The van der Waals surface area contributed by atoms with Crippen molar-refractivity contribution in [3.05, 3.63) is 0 Å². The van der Waals surface area contributed by atoms with Crippen LogP contribution in [0.3, 0.4) is 0 Å². The number of guanidine groups is 1. The molecule has 7 amide bonds. The van der Waals surface area contributed by atoms with Gasteiger partial charge in [-0.15, -0.1) is 0 Å². The molecule has 0 aromatic rings. The molecule has 0 aromatic carbocycles. The van der Waals surface area contributed by atoms with Crippen LogP contribution in [0.4, 0.5) is 0 Å². The Kier molecular flexibility index (Phi) is 26.1. The van der Waals surface area contributed by atoms with Gasteiger partial charge >= 0.3 is 5.97 Å². The lowest BCUT2D eigenvalue weighted by molar-refractivity contribution is -0.155. The molecule has 0 aliphatic carbocycles. The molecule has 0 aromatic heterocycles. The average Bonchev–Trinajstić information content (AvgIpc) is 3.18. The van der Waals surface area contributed by atoms with Gasteiger partial charge in [0.1, 0.15) is 42.4 Å². The Morgan fingerprint density at radius 1 is 0.667 bits per heavy atom. The fourth-order valence-electron chi connectivity index (χ4n) is 6.81. The second-order valence-electron chi connectivity index (χ2n) is 17.2. The van der Waals surface area contributed by atoms with Gasteiger partial charge in [-0.25, -0.2) is 4.79 Å². The van der Waals surface area contributed by atoms with Gasteiger partial charge in [0.05, 0.1) is 18.6 Å². The first-order chi connectivity index (χ1) is 29.5. The summed E-state index contributed by atoms with van der Waals surface area (Å²) in [5, 5.41) is 36.2. The lowest BCUT2D eigenvalue weighted by atomic mass is 9.98. The van der Waals surface area contributed by atoms with Crippen LogP contribution in [0.15, 0.2) is 4.99 Å². The minimum atomic E-state index is -1.64. The SMILES string of the molecule is CC(C)C1NC(=O)C(C(C)C)NC(=O)C(NC(=O)CC(O)CCCCCCCCCCCCN=C(N)N)[C@@H](C)OC(=O)[C@@H](C)NC(=O)[C@@H](CCC(N)=O)NC(=O)[C@@H]([C@@H](C)O)NC1=O. The number of carbonyl (C=O) groups excluding carboxylic acids is 8. The number of ether oxygens (including phenoxy) is 1. The number of nitrogens with one attached hydrogen (secondary N) is 6. The summed E-state index contributed by atoms with van der Waals surface area (Å²) in [6.45, 7) is 10.9. The Morgan fingerprint density at radius 3 is 1.63 bits per heavy atom. The fraction of sp³-hybridized carbons (Fsp3) is 0.786. The van der Waals surface area contributed by atoms with Crippen LogP contribution in [0, 0.1) is 11.8 Å². The number of amides is 7. The first kappa shape index (κ1) is 56.0. The van der Waals surface area contributed by atoms with Gasteiger partial charge in [0.15, 0.2) is 5.96 Å². The number of cyclic esters (lactones) is 1. The van der Waals surface area contributed by atoms with E-state index in [0.717, 1.165) is 57.8 Å². The number of unbranched alkanes of at least 4 members (excludes halogenated alkanes) is 9. The molecule has 0 saturated carbocycles. The third kappa shape index (κ3) is 22.2. The summed E-state index contributed by atoms with van der Waals surface area (Å²) in [5.74, 6) is -8.16. The summed E-state index contributed by atoms with van der Waals surface area (Å²) in [7, 11) is 0. The molecule has 9 atom stereocenters. The Balaban J connectivity index is 3.21. The van der Waals surface area contributed by atoms with Crippen LogP contribution in [0.1, 0.15) is 138 Å². The quantitative estimate of drug-likeness (QED) is 0.0273. The lowest BCUT2D eigenvalue weighted by Gasteiger charge is -2.31. The third-order valence-corrected chi connectivity index (χ3v) is 10.6. The first-order valence-corrected chi connectivity index (χ1v) is 22.3. The molecule has 1 aliphatic rings. The molecular weight excluding hydrogens is 821 g/mol. The standard InChI is InChI=1S/C42H76N10O11/c1-23(2)32-37(58)50-33(24(3)4)38(59)52-34(26(6)53)39(60)48-29(19-20-30(43)55)36(57)47-25(5)41(62)63-27(7)35(40(61)51-32)49-31(56)22-28(54)18-16-14-12-10-8-9-11-13-15-17-21-46-42(44)45/h23-29,32-35,53-54H,8-22H2,1-7H3,(H2,43,55)(H,47,57)(H,48,60)(H,49,56)(H,50,58)(H,51,61)(H,52,59)(H4,44,45,46)/t25-,26-,27-,28?,29-,32?,33?,34-,35?/m1/s1. The molecule has 1 saturated heterocycles. The summed E-state index contributed by atoms with van der Waals surface area (Å²) in [5.41, 5.74) is 16.0. The highest BCUT2D eigenvalue weighted by Crippen LogP contribution is 2.15. The zero-order valence-corrected chi connectivity index (χ0v) is 38.2. The third-order valence-electron chi connectivity index (χ3n) is 10.6. The number of primary amides is 1. The maximum absolute atomic E-state index is 14.0. The van der Waals surface area contributed by atoms with Crippen LogP contribution in [0.2, 0.25) is 0 Å². The van der Waals surface area contributed by atoms with E-state index >= 15 is 0 Å². The van der Waals surface area contributed by atoms with E-state index in [2.05, 4.69) is 36.9 Å². The van der Waals surface area contributed by atoms with Crippen molar-refractivity contribution in [3.8, 4) is 0 Å². The van der Waals surface area contributed by atoms with Crippen LogP contribution in [-0.4, -0.2) is 125 Å². The largest absolute Gasteiger partial charge is 0.458 e. The van der Waals surface area contributed by atoms with Crippen molar-refractivity contribution in [1.82, 2.24) is 31.9 Å². The number of nitrogens with two attached hydrogens (primary N) is 3. The first-order valence-electron chi connectivity index (χ1n) is 22.3. The number of aliphatic hydroxyl groups is 2. The molecule has 21 heteroatoms. The Bertz CT molecular complexity index is 1540. The molecule has 1 rings (SSSR count). The van der Waals surface area contributed by atoms with Crippen molar-refractivity contribution in [1.29, 1.82) is 0 Å². The predicted octanol–water partition coefficient (Wildman–Crippen LogP) is -0.866. The summed E-state index contributed by atoms with van der Waals surface area (Å²) in [4.78, 5) is 110. The summed E-state index contributed by atoms with van der Waals surface area (Å²) in [6, 6.07) is -8.70. The smallest absolute Gasteiger partial charge is 0.328 e. The van der Waals surface area contributed by atoms with Gasteiger partial charge in [-0.1, -0.05) is 85.5 Å². The van der Waals surface area contributed by atoms with Crippen LogP contribution in [-0.2, 0) is 43.1 Å². The summed E-state index contributed by atoms with van der Waals surface area (Å²) >= 11 is 0. The van der Waals surface area contributed by atoms with Gasteiger partial charge in [-0.3, -0.25) is 38.6 Å². The maximum atomic E-state index is 14.0. The van der Waals surface area contributed by atoms with Crippen LogP contribution < -0.4 is 49.1 Å². The van der Waals surface area contributed by atoms with Gasteiger partial charge in [-0.2, -0.15) is 0 Å². The summed E-state index contributed by atoms with van der Waals surface area (Å²) in [6.07, 6.45) is 5.43. The minimum absolute atomic E-state index is 0.112. The fourth-order valence-corrected chi connectivity index (χ4v) is 6.81. The number of aliphatic imine (C=N–C) groups is 1. The van der Waals surface area contributed by atoms with E-state index in [1.807, 2.05) is 0 Å². The van der Waals surface area contributed by atoms with E-state index in [1.54, 1.807) is 27.7 Å². The van der Waals surface area contributed by atoms with Crippen LogP contribution >= 0.6 is 0 Å². The highest BCUT2D eigenvalue weighted by Gasteiger charge is 2.38. The molecule has 0 spiro atoms. The van der Waals surface area contributed by atoms with Crippen molar-refractivity contribution < 1.29 is 53.3 Å². The Labute approximate surface area is 371 Å². The van der Waals surface area contributed by atoms with Crippen LogP contribution in [0.25, 0.3) is 0 Å². The molecular formula is C42H76N10O11. The zero-order chi connectivity index (χ0) is 47.8. The summed E-state index contributed by atoms with van der Waals surface area (Å²) < 4.78 is 5.56. The topological polar surface area (TPSA) is 349 Å². The van der Waals surface area contributed by atoms with Gasteiger partial charge in [0.25, 0.3) is 0 Å². The molecule has 63 heavy (non-hydrogen) atoms. The molecule has 0 bridgehead atoms. The lowest BCUT2D eigenvalue weighted by Crippen LogP contribution is -2.63. The highest BCUT2D eigenvalue weighted by molar-refractivity contribution is 5.97. The van der Waals surface area contributed by atoms with Crippen LogP contribution in [0.5, 0.6) is 0 Å². The van der Waals surface area contributed by atoms with E-state index in [-0.39, 0.29) is 25.2 Å². The van der Waals surface area contributed by atoms with Crippen molar-refractivity contribution >= 4 is 53.3 Å². The average molecular weight is 897 g/mol. The number of esters is 1. The Morgan fingerprint density at radius 2 is 1.14 bits per heavy atom. The molecule has 4 unspecified atom stereocenters. The number of hydrogen-bond donors (Lipinski definition) is 11. The minimum Gasteiger partial charge on any atom is -0.458 e. The predicted molar refractivity (Wildman–Crippen MR) is 235 cm³/mol. The molecule has 0 radical (unpaired) electrons. The molecule has 1 aliphatic heterocycles. The van der Waals surface area contributed by atoms with Crippen molar-refractivity contribution in [3.63, 3.8) is 0 Å². The number of carbonyl (C=O) groups is 8. The van der Waals surface area contributed by atoms with E-state index < -0.39 is 114 Å². The van der Waals surface area contributed by atoms with Crippen molar-refractivity contribution in [2.75, 3.05) is 6.54 Å². The van der Waals surface area contributed by atoms with E-state index in [4.69, 9.17) is 21.9 Å². The monoisotopic (exact) mass is 897 g/mol. The second-order valence-corrected chi connectivity index (χ2v) is 17.2. The van der Waals surface area contributed by atoms with Crippen molar-refractivity contribution in [2.24, 2.45) is 34.0 Å². The molecule has 1 fully saturated rings. The normalized spacial score (nSPS) is 24.3. The second kappa shape index (κ2) is 29.3. The molecule has 14 N–H and O–H groups in total. The number of hydrogen-bond acceptors (Lipinski definition) is 12. The molecule has 1 heterocycles. The number of aliphatic hydroxyl groups excluding tert-OH is 2. The zero-order valence-electron chi connectivity index (χ0n) is 38.2. The van der Waals surface area contributed by atoms with E-state index in [9.17, 15) is 48.6 Å². The number of nitrogens with zero attached hydrogens (tertiary/aromatic N) is 1. The maximum Gasteiger partial charge on any atom is 0.328 e. The van der Waals surface area contributed by atoms with Crippen molar-refractivity contribution in [2.45, 2.75) is 193 Å². The molecule has 360 valence electrons. The van der Waals surface area contributed by atoms with Gasteiger partial charge in [-0.05, 0) is 51.9 Å². The van der Waals surface area contributed by atoms with Gasteiger partial charge in [0.2, 0.25) is 41.4 Å². The Hall–Kier alpha value is -5.05. The van der Waals surface area contributed by atoms with E-state index in [1.165, 1.54) is 20.8 Å². The van der Waals surface area contributed by atoms with Gasteiger partial charge < -0.3 is 64.1 Å².